The third-order valence-electron chi connectivity index (χ3n) is 6.31. The minimum Gasteiger partial charge on any atom is -0.451 e. The molecule has 30 heavy (non-hydrogen) atoms. The highest BCUT2D eigenvalue weighted by Gasteiger charge is 2.41. The highest BCUT2D eigenvalue weighted by atomic mass is 32.2. The van der Waals surface area contributed by atoms with E-state index in [0.29, 0.717) is 24.0 Å². The molecule has 6 nitrogen and oxygen atoms in total. The van der Waals surface area contributed by atoms with Gasteiger partial charge in [-0.05, 0) is 43.6 Å². The maximum atomic E-state index is 13.1. The van der Waals surface area contributed by atoms with Crippen molar-refractivity contribution >= 4 is 40.0 Å². The summed E-state index contributed by atoms with van der Waals surface area (Å²) in [6.07, 6.45) is 4.13. The number of fused-ring (bicyclic) bond motifs is 1. The molecule has 3 aromatic rings. The molecule has 0 spiro atoms. The summed E-state index contributed by atoms with van der Waals surface area (Å²) in [4.78, 5) is 13.1. The lowest BCUT2D eigenvalue weighted by Crippen LogP contribution is -2.46. The van der Waals surface area contributed by atoms with Gasteiger partial charge < -0.3 is 14.8 Å². The van der Waals surface area contributed by atoms with Gasteiger partial charge in [0.05, 0.1) is 0 Å². The molecule has 2 aromatic heterocycles. The molecule has 4 rings (SSSR count). The number of benzene rings is 1. The van der Waals surface area contributed by atoms with Crippen LogP contribution in [0.15, 0.2) is 33.0 Å². The molecule has 1 aliphatic rings. The number of nitrogens with zero attached hydrogens (tertiary/aromatic N) is 2. The van der Waals surface area contributed by atoms with Crippen molar-refractivity contribution in [1.29, 1.82) is 0 Å². The largest absolute Gasteiger partial charge is 0.451 e. The average Bonchev–Trinajstić information content (AvgIpc) is 3.28. The highest BCUT2D eigenvalue weighted by molar-refractivity contribution is 8.00. The van der Waals surface area contributed by atoms with Crippen LogP contribution in [-0.4, -0.2) is 34.4 Å². The molecule has 0 radical (unpaired) electrons. The van der Waals surface area contributed by atoms with Crippen molar-refractivity contribution in [2.75, 3.05) is 13.2 Å². The molecule has 1 fully saturated rings. The lowest BCUT2D eigenvalue weighted by molar-refractivity contribution is 0.0405. The van der Waals surface area contributed by atoms with Crippen LogP contribution in [-0.2, 0) is 5.75 Å². The van der Waals surface area contributed by atoms with Gasteiger partial charge in [-0.1, -0.05) is 54.6 Å². The van der Waals surface area contributed by atoms with Gasteiger partial charge in [-0.25, -0.2) is 0 Å². The minimum atomic E-state index is -0.169. The summed E-state index contributed by atoms with van der Waals surface area (Å²) in [5.74, 6) is 1.19. The number of thioether (sulfide) groups is 1. The predicted octanol–water partition coefficient (Wildman–Crippen LogP) is 4.80. The zero-order valence-corrected chi connectivity index (χ0v) is 18.9. The van der Waals surface area contributed by atoms with Gasteiger partial charge in [0.15, 0.2) is 10.1 Å². The second-order valence-corrected chi connectivity index (χ2v) is 10.5. The Balaban J connectivity index is 1.53. The fraction of sp³-hybridized carbons (Fsp3) is 0.500. The fourth-order valence-corrected chi connectivity index (χ4v) is 6.05. The predicted molar refractivity (Wildman–Crippen MR) is 120 cm³/mol. The summed E-state index contributed by atoms with van der Waals surface area (Å²) in [6.45, 7) is 4.91. The Morgan fingerprint density at radius 2 is 2.17 bits per heavy atom. The van der Waals surface area contributed by atoms with Crippen LogP contribution in [0.1, 0.15) is 53.7 Å². The van der Waals surface area contributed by atoms with Crippen molar-refractivity contribution in [2.24, 2.45) is 11.3 Å². The first-order valence-electron chi connectivity index (χ1n) is 10.3. The lowest BCUT2D eigenvalue weighted by atomic mass is 9.60. The molecule has 0 saturated heterocycles. The zero-order chi connectivity index (χ0) is 21.1. The molecule has 1 amide bonds. The molecule has 1 saturated carbocycles. The second-order valence-electron chi connectivity index (χ2n) is 8.09. The quantitative estimate of drug-likeness (QED) is 0.460. The van der Waals surface area contributed by atoms with Gasteiger partial charge in [-0.3, -0.25) is 4.79 Å². The van der Waals surface area contributed by atoms with Crippen LogP contribution in [0.3, 0.4) is 0 Å². The topological polar surface area (TPSA) is 88.2 Å². The van der Waals surface area contributed by atoms with E-state index in [-0.39, 0.29) is 17.9 Å². The first-order chi connectivity index (χ1) is 14.5. The third-order valence-corrected chi connectivity index (χ3v) is 8.31. The van der Waals surface area contributed by atoms with Crippen molar-refractivity contribution in [3.63, 3.8) is 0 Å². The summed E-state index contributed by atoms with van der Waals surface area (Å²) in [5, 5.41) is 22.6. The van der Waals surface area contributed by atoms with Crippen LogP contribution < -0.4 is 5.32 Å². The molecule has 160 valence electrons. The number of rotatable bonds is 9. The summed E-state index contributed by atoms with van der Waals surface area (Å²) >= 11 is 3.12. The molecule has 1 atom stereocenters. The molecule has 0 aliphatic heterocycles. The van der Waals surface area contributed by atoms with Crippen LogP contribution in [0.2, 0.25) is 0 Å². The van der Waals surface area contributed by atoms with Crippen LogP contribution in [0.4, 0.5) is 0 Å². The van der Waals surface area contributed by atoms with Crippen molar-refractivity contribution in [1.82, 2.24) is 15.5 Å². The van der Waals surface area contributed by atoms with E-state index in [0.717, 1.165) is 45.1 Å². The van der Waals surface area contributed by atoms with E-state index in [1.807, 2.05) is 31.2 Å². The van der Waals surface area contributed by atoms with E-state index in [2.05, 4.69) is 22.4 Å². The van der Waals surface area contributed by atoms with Gasteiger partial charge in [0.1, 0.15) is 10.6 Å². The van der Waals surface area contributed by atoms with E-state index in [1.165, 1.54) is 6.42 Å². The monoisotopic (exact) mass is 445 g/mol. The number of aryl methyl sites for hydroxylation is 1. The van der Waals surface area contributed by atoms with E-state index >= 15 is 0 Å². The van der Waals surface area contributed by atoms with Gasteiger partial charge in [-0.15, -0.1) is 10.2 Å². The number of amides is 1. The maximum absolute atomic E-state index is 13.1. The lowest BCUT2D eigenvalue weighted by Gasteiger charge is -2.46. The zero-order valence-electron chi connectivity index (χ0n) is 17.3. The van der Waals surface area contributed by atoms with Gasteiger partial charge in [-0.2, -0.15) is 0 Å². The Morgan fingerprint density at radius 3 is 2.83 bits per heavy atom. The Morgan fingerprint density at radius 1 is 1.37 bits per heavy atom. The molecule has 0 bridgehead atoms. The first-order valence-corrected chi connectivity index (χ1v) is 12.1. The van der Waals surface area contributed by atoms with Crippen LogP contribution in [0, 0.1) is 18.3 Å². The summed E-state index contributed by atoms with van der Waals surface area (Å²) in [5.41, 5.74) is 1.70. The molecular formula is C22H27N3O3S2. The number of furan rings is 1. The van der Waals surface area contributed by atoms with Gasteiger partial charge in [0, 0.05) is 29.9 Å². The summed E-state index contributed by atoms with van der Waals surface area (Å²) < 4.78 is 6.87. The number of hydrogen-bond donors (Lipinski definition) is 2. The molecule has 0 unspecified atom stereocenters. The third kappa shape index (κ3) is 4.26. The van der Waals surface area contributed by atoms with Crippen LogP contribution >= 0.6 is 23.1 Å². The van der Waals surface area contributed by atoms with Gasteiger partial charge in [0.25, 0.3) is 5.91 Å². The SMILES string of the molecule is Cc1nnc(SCc2c(C(=O)NCC3([C@@H](C)CCO)CCC3)oc3ccccc23)s1. The number of carbonyl (C=O) groups excluding carboxylic acids is 1. The van der Waals surface area contributed by atoms with E-state index in [4.69, 9.17) is 4.42 Å². The molecule has 2 N–H and O–H groups in total. The van der Waals surface area contributed by atoms with Crippen molar-refractivity contribution in [3.05, 3.63) is 40.6 Å². The number of nitrogens with one attached hydrogen (secondary N) is 1. The van der Waals surface area contributed by atoms with E-state index in [9.17, 15) is 9.90 Å². The van der Waals surface area contributed by atoms with Gasteiger partial charge >= 0.3 is 0 Å². The Hall–Kier alpha value is -1.90. The first kappa shape index (κ1) is 21.3. The number of aromatic nitrogens is 2. The highest BCUT2D eigenvalue weighted by Crippen LogP contribution is 2.47. The molecule has 2 heterocycles. The number of hydrogen-bond acceptors (Lipinski definition) is 7. The normalized spacial score (nSPS) is 16.4. The standard InChI is InChI=1S/C22H27N3O3S2/c1-14(8-11-26)22(9-5-10-22)13-23-20(27)19-17(12-29-21-25-24-15(2)30-21)16-6-3-4-7-18(16)28-19/h3-4,6-7,14,26H,5,8-13H2,1-2H3,(H,23,27)/t14-/m0/s1. The average molecular weight is 446 g/mol. The second kappa shape index (κ2) is 9.08. The van der Waals surface area contributed by atoms with E-state index < -0.39 is 0 Å². The van der Waals surface area contributed by atoms with Crippen LogP contribution in [0.25, 0.3) is 11.0 Å². The number of carbonyl (C=O) groups is 1. The summed E-state index contributed by atoms with van der Waals surface area (Å²) in [7, 11) is 0. The Bertz CT molecular complexity index is 1030. The molecule has 8 heteroatoms. The maximum Gasteiger partial charge on any atom is 0.287 e. The van der Waals surface area contributed by atoms with Crippen molar-refractivity contribution in [2.45, 2.75) is 49.6 Å². The molecule has 1 aliphatic carbocycles. The summed E-state index contributed by atoms with van der Waals surface area (Å²) in [6, 6.07) is 7.76. The van der Waals surface area contributed by atoms with Gasteiger partial charge in [0.2, 0.25) is 0 Å². The number of para-hydroxylation sites is 1. The molecule has 1 aromatic carbocycles. The van der Waals surface area contributed by atoms with Crippen LogP contribution in [0.5, 0.6) is 0 Å². The number of aliphatic hydroxyl groups excluding tert-OH is 1. The van der Waals surface area contributed by atoms with Crippen molar-refractivity contribution in [3.8, 4) is 0 Å². The Labute approximate surface area is 184 Å². The van der Waals surface area contributed by atoms with Crippen molar-refractivity contribution < 1.29 is 14.3 Å². The fourth-order valence-electron chi connectivity index (χ4n) is 4.21. The Kier molecular flexibility index (Phi) is 6.46. The minimum absolute atomic E-state index is 0.0867. The van der Waals surface area contributed by atoms with E-state index in [1.54, 1.807) is 23.1 Å². The smallest absolute Gasteiger partial charge is 0.287 e. The number of aliphatic hydroxyl groups is 1. The molecular weight excluding hydrogens is 418 g/mol.